The van der Waals surface area contributed by atoms with Crippen molar-refractivity contribution < 1.29 is 0 Å². The van der Waals surface area contributed by atoms with Crippen molar-refractivity contribution in [2.75, 3.05) is 0 Å². The van der Waals surface area contributed by atoms with Gasteiger partial charge in [-0.05, 0) is 0 Å². The molecule has 0 fully saturated rings. The van der Waals surface area contributed by atoms with Crippen LogP contribution in [0.3, 0.4) is 0 Å². The average molecular weight is 441 g/mol. The van der Waals surface area contributed by atoms with Crippen molar-refractivity contribution >= 4 is 45.6 Å². The van der Waals surface area contributed by atoms with E-state index in [1.54, 1.807) is 8.87 Å². The van der Waals surface area contributed by atoms with E-state index in [0.717, 1.165) is 5.92 Å². The standard InChI is InChI=1S/C8H17.C4H9.S.2Sn.H/c1-4-6-7-8(3)5-2;1-3-4-2;;;;/h8H,3-7H2,1-2H3;1,3-4H2,2H3;;;;. The zero-order valence-corrected chi connectivity index (χ0v) is 17.7. The van der Waals surface area contributed by atoms with Crippen LogP contribution in [-0.2, 0) is 0 Å². The number of hydrogen-bond donors (Lipinski definition) is 0. The molecule has 15 heavy (non-hydrogen) atoms. The van der Waals surface area contributed by atoms with Gasteiger partial charge in [0.05, 0.1) is 0 Å². The molecule has 89 valence electrons. The monoisotopic (exact) mass is 443 g/mol. The van der Waals surface area contributed by atoms with Crippen LogP contribution in [0.4, 0.5) is 0 Å². The fourth-order valence-electron chi connectivity index (χ4n) is 1.53. The predicted octanol–water partition coefficient (Wildman–Crippen LogP) is 4.54. The number of rotatable bonds is 11. The molecule has 1 unspecified atom stereocenters. The zero-order valence-electron chi connectivity index (χ0n) is 10.7. The van der Waals surface area contributed by atoms with Gasteiger partial charge in [0.2, 0.25) is 0 Å². The van der Waals surface area contributed by atoms with Gasteiger partial charge in [-0.15, -0.1) is 0 Å². The maximum atomic E-state index is 2.53. The Labute approximate surface area is 118 Å². The summed E-state index contributed by atoms with van der Waals surface area (Å²) < 4.78 is 3.33. The first-order valence-electron chi connectivity index (χ1n) is 6.55. The van der Waals surface area contributed by atoms with E-state index in [1.165, 1.54) is 38.5 Å². The van der Waals surface area contributed by atoms with Gasteiger partial charge in [-0.2, -0.15) is 0 Å². The van der Waals surface area contributed by atoms with Crippen LogP contribution in [0.2, 0.25) is 8.87 Å². The van der Waals surface area contributed by atoms with Gasteiger partial charge in [0.25, 0.3) is 0 Å². The SMILES string of the molecule is CCC[CH2][Sn][S][SnH][CH2]C(CC)CCCC. The maximum absolute atomic E-state index is 2.53. The molecule has 3 heteroatoms. The van der Waals surface area contributed by atoms with E-state index in [1.807, 2.05) is 0 Å². The Morgan fingerprint density at radius 2 is 1.87 bits per heavy atom. The van der Waals surface area contributed by atoms with Gasteiger partial charge in [-0.25, -0.2) is 0 Å². The molecule has 0 aliphatic rings. The second-order valence-electron chi connectivity index (χ2n) is 4.18. The van der Waals surface area contributed by atoms with Crippen LogP contribution in [0.15, 0.2) is 0 Å². The molecule has 0 nitrogen and oxygen atoms in total. The Hall–Kier alpha value is 1.95. The van der Waals surface area contributed by atoms with Crippen LogP contribution >= 0.6 is 6.13 Å². The average Bonchev–Trinajstić information content (AvgIpc) is 2.27. The minimum absolute atomic E-state index is 0.0763. The summed E-state index contributed by atoms with van der Waals surface area (Å²) in [5, 5.41) is 0. The summed E-state index contributed by atoms with van der Waals surface area (Å²) in [6.07, 6.45) is 11.3. The van der Waals surface area contributed by atoms with Crippen molar-refractivity contribution in [2.45, 2.75) is 68.2 Å². The molecule has 0 aromatic rings. The van der Waals surface area contributed by atoms with Crippen molar-refractivity contribution in [2.24, 2.45) is 5.92 Å². The van der Waals surface area contributed by atoms with Crippen LogP contribution in [0, 0.1) is 5.92 Å². The number of unbranched alkanes of at least 4 members (excludes halogenated alkanes) is 2. The Balaban J connectivity index is 3.22. The third-order valence-electron chi connectivity index (χ3n) is 2.77. The Morgan fingerprint density at radius 3 is 2.47 bits per heavy atom. The Bertz CT molecular complexity index is 120. The second kappa shape index (κ2) is 14.0. The molecule has 0 N–H and O–H groups in total. The molecule has 0 amide bonds. The quantitative estimate of drug-likeness (QED) is 0.336. The molecular formula is C12H27SSn2. The molecule has 0 bridgehead atoms. The molecule has 0 saturated carbocycles. The predicted molar refractivity (Wildman–Crippen MR) is 78.3 cm³/mol. The summed E-state index contributed by atoms with van der Waals surface area (Å²) in [6, 6.07) is 0. The molecule has 0 rings (SSSR count). The fraction of sp³-hybridized carbons (Fsp3) is 1.00. The van der Waals surface area contributed by atoms with Crippen LogP contribution in [0.5, 0.6) is 0 Å². The van der Waals surface area contributed by atoms with Gasteiger partial charge in [-0.3, -0.25) is 0 Å². The van der Waals surface area contributed by atoms with Gasteiger partial charge in [0.1, 0.15) is 0 Å². The van der Waals surface area contributed by atoms with Crippen LogP contribution in [-0.4, -0.2) is 39.5 Å². The minimum atomic E-state index is -0.145. The molecule has 0 aliphatic carbocycles. The van der Waals surface area contributed by atoms with Gasteiger partial charge in [-0.1, -0.05) is 0 Å². The normalized spacial score (nSPS) is 13.0. The van der Waals surface area contributed by atoms with Gasteiger partial charge >= 0.3 is 120 Å². The van der Waals surface area contributed by atoms with E-state index in [9.17, 15) is 0 Å². The fourth-order valence-corrected chi connectivity index (χ4v) is 30.4. The third kappa shape index (κ3) is 12.2. The van der Waals surface area contributed by atoms with E-state index < -0.39 is 0 Å². The zero-order chi connectivity index (χ0) is 11.4. The molecule has 1 atom stereocenters. The molecule has 3 radical (unpaired) electrons. The van der Waals surface area contributed by atoms with E-state index in [2.05, 4.69) is 26.9 Å². The summed E-state index contributed by atoms with van der Waals surface area (Å²) in [4.78, 5) is 0. The first kappa shape index (κ1) is 16.9. The first-order chi connectivity index (χ1) is 7.35. The number of hydrogen-bond acceptors (Lipinski definition) is 1. The van der Waals surface area contributed by atoms with Gasteiger partial charge in [0, 0.05) is 0 Å². The van der Waals surface area contributed by atoms with Gasteiger partial charge in [0.15, 0.2) is 0 Å². The summed E-state index contributed by atoms with van der Waals surface area (Å²) >= 11 is -0.0692. The van der Waals surface area contributed by atoms with E-state index in [0.29, 0.717) is 0 Å². The molecular weight excluding hydrogens is 414 g/mol. The molecule has 0 saturated heterocycles. The van der Waals surface area contributed by atoms with Crippen molar-refractivity contribution in [1.82, 2.24) is 0 Å². The van der Waals surface area contributed by atoms with Crippen LogP contribution in [0.25, 0.3) is 0 Å². The summed E-state index contributed by atoms with van der Waals surface area (Å²) in [7, 11) is 0. The van der Waals surface area contributed by atoms with E-state index in [4.69, 9.17) is 0 Å². The molecule has 0 aliphatic heterocycles. The Kier molecular flexibility index (Phi) is 15.8. The molecule has 0 heterocycles. The molecule has 0 aromatic carbocycles. The summed E-state index contributed by atoms with van der Waals surface area (Å²) in [5.74, 6) is 1.12. The van der Waals surface area contributed by atoms with Crippen LogP contribution in [0.1, 0.15) is 59.3 Å². The summed E-state index contributed by atoms with van der Waals surface area (Å²) in [6.45, 7) is 7.04. The molecule has 0 aromatic heterocycles. The van der Waals surface area contributed by atoms with Crippen molar-refractivity contribution in [3.63, 3.8) is 0 Å². The first-order valence-corrected chi connectivity index (χ1v) is 19.3. The second-order valence-corrected chi connectivity index (χ2v) is 28.7. The van der Waals surface area contributed by atoms with Crippen molar-refractivity contribution in [3.8, 4) is 0 Å². The Morgan fingerprint density at radius 1 is 1.13 bits per heavy atom. The van der Waals surface area contributed by atoms with Gasteiger partial charge < -0.3 is 0 Å². The summed E-state index contributed by atoms with van der Waals surface area (Å²) in [5.41, 5.74) is 0. The topological polar surface area (TPSA) is 0 Å². The van der Waals surface area contributed by atoms with Crippen molar-refractivity contribution in [1.29, 1.82) is 0 Å². The van der Waals surface area contributed by atoms with E-state index in [-0.39, 0.29) is 39.5 Å². The van der Waals surface area contributed by atoms with Crippen LogP contribution < -0.4 is 0 Å². The molecule has 0 spiro atoms. The van der Waals surface area contributed by atoms with Crippen molar-refractivity contribution in [3.05, 3.63) is 0 Å². The van der Waals surface area contributed by atoms with E-state index >= 15 is 0 Å². The third-order valence-corrected chi connectivity index (χ3v) is 31.8.